The van der Waals surface area contributed by atoms with Crippen LogP contribution in [0.15, 0.2) is 30.3 Å². The largest absolute Gasteiger partial charge is 0.395 e. The van der Waals surface area contributed by atoms with Crippen LogP contribution in [-0.2, 0) is 20.9 Å². The van der Waals surface area contributed by atoms with E-state index < -0.39 is 22.6 Å². The lowest BCUT2D eigenvalue weighted by Crippen LogP contribution is -2.54. The van der Waals surface area contributed by atoms with Crippen molar-refractivity contribution in [2.75, 3.05) is 19.7 Å². The molecule has 3 amide bonds. The summed E-state index contributed by atoms with van der Waals surface area (Å²) in [5.41, 5.74) is 1.01. The Balaban J connectivity index is 1.55. The molecule has 7 nitrogen and oxygen atoms in total. The fourth-order valence-corrected chi connectivity index (χ4v) is 7.71. The fraction of sp³-hybridized carbons (Fsp3) is 0.609. The third kappa shape index (κ3) is 3.84. The normalized spacial score (nSPS) is 31.0. The van der Waals surface area contributed by atoms with Crippen LogP contribution in [0.5, 0.6) is 0 Å². The quantitative estimate of drug-likeness (QED) is 0.498. The second kappa shape index (κ2) is 9.20. The van der Waals surface area contributed by atoms with Crippen molar-refractivity contribution in [3.8, 4) is 0 Å². The summed E-state index contributed by atoms with van der Waals surface area (Å²) in [7, 11) is 0. The first-order valence-corrected chi connectivity index (χ1v) is 12.1. The maximum Gasteiger partial charge on any atom is 0.244 e. The Kier molecular flexibility index (Phi) is 6.57. The number of amides is 3. The van der Waals surface area contributed by atoms with Crippen LogP contribution in [0.4, 0.5) is 0 Å². The van der Waals surface area contributed by atoms with Crippen LogP contribution in [0.1, 0.15) is 38.2 Å². The highest BCUT2D eigenvalue weighted by atomic mass is 32.2. The van der Waals surface area contributed by atoms with E-state index in [1.165, 1.54) is 4.90 Å². The molecule has 3 fully saturated rings. The number of nitrogens with one attached hydrogen (secondary N) is 2. The third-order valence-electron chi connectivity index (χ3n) is 6.83. The highest BCUT2D eigenvalue weighted by Crippen LogP contribution is 2.66. The van der Waals surface area contributed by atoms with Crippen LogP contribution in [-0.4, -0.2) is 63.5 Å². The molecule has 168 valence electrons. The summed E-state index contributed by atoms with van der Waals surface area (Å²) in [6, 6.07) is 9.07. The Morgan fingerprint density at radius 2 is 2.00 bits per heavy atom. The fourth-order valence-electron chi connectivity index (χ4n) is 5.49. The summed E-state index contributed by atoms with van der Waals surface area (Å²) < 4.78 is -0.581. The van der Waals surface area contributed by atoms with Crippen LogP contribution in [0, 0.1) is 11.8 Å². The maximum absolute atomic E-state index is 13.4. The molecular weight excluding hydrogens is 414 g/mol. The topological polar surface area (TPSA) is 98.7 Å². The SMILES string of the molecule is CCCCNC(=O)C1N(CCO)C(=O)[C@@H]2[C@@H](C(=O)NCc3ccccc3)[C@H]3CCC12S3. The molecule has 3 N–H and O–H groups in total. The number of thioether (sulfide) groups is 1. The molecule has 8 heteroatoms. The second-order valence-electron chi connectivity index (χ2n) is 8.66. The van der Waals surface area contributed by atoms with Crippen LogP contribution in [0.25, 0.3) is 0 Å². The number of fused-ring (bicyclic) bond motifs is 1. The lowest BCUT2D eigenvalue weighted by Gasteiger charge is -2.34. The zero-order valence-electron chi connectivity index (χ0n) is 17.9. The van der Waals surface area contributed by atoms with Crippen LogP contribution >= 0.6 is 11.8 Å². The Morgan fingerprint density at radius 3 is 2.71 bits per heavy atom. The van der Waals surface area contributed by atoms with Gasteiger partial charge in [0.2, 0.25) is 17.7 Å². The molecule has 2 bridgehead atoms. The molecule has 3 aliphatic heterocycles. The van der Waals surface area contributed by atoms with Crippen molar-refractivity contribution in [1.29, 1.82) is 0 Å². The molecule has 0 aliphatic carbocycles. The number of hydrogen-bond donors (Lipinski definition) is 3. The van der Waals surface area contributed by atoms with Crippen LogP contribution < -0.4 is 10.6 Å². The summed E-state index contributed by atoms with van der Waals surface area (Å²) in [6.07, 6.45) is 3.42. The van der Waals surface area contributed by atoms with Crippen molar-refractivity contribution in [3.05, 3.63) is 35.9 Å². The molecule has 31 heavy (non-hydrogen) atoms. The van der Waals surface area contributed by atoms with Gasteiger partial charge in [0.1, 0.15) is 6.04 Å². The summed E-state index contributed by atoms with van der Waals surface area (Å²) >= 11 is 1.65. The summed E-state index contributed by atoms with van der Waals surface area (Å²) in [5, 5.41) is 15.6. The molecule has 4 rings (SSSR count). The summed E-state index contributed by atoms with van der Waals surface area (Å²) in [6.45, 7) is 2.97. The lowest BCUT2D eigenvalue weighted by atomic mass is 9.70. The van der Waals surface area contributed by atoms with Crippen molar-refractivity contribution in [1.82, 2.24) is 15.5 Å². The molecule has 3 aliphatic rings. The molecule has 1 aromatic carbocycles. The molecule has 1 aromatic rings. The van der Waals surface area contributed by atoms with Gasteiger partial charge in [-0.05, 0) is 24.8 Å². The van der Waals surface area contributed by atoms with Gasteiger partial charge < -0.3 is 20.6 Å². The number of benzene rings is 1. The Hall–Kier alpha value is -2.06. The zero-order chi connectivity index (χ0) is 22.0. The van der Waals surface area contributed by atoms with Gasteiger partial charge in [-0.2, -0.15) is 0 Å². The van der Waals surface area contributed by atoms with Gasteiger partial charge in [-0.1, -0.05) is 43.7 Å². The molecule has 0 saturated carbocycles. The standard InChI is InChI=1S/C23H31N3O4S/c1-2-3-11-24-21(29)19-23-10-9-16(31-23)17(18(23)22(30)26(19)12-13-27)20(28)25-14-15-7-5-4-6-8-15/h4-8,16-19,27H,2-3,9-14H2,1H3,(H,24,29)(H,25,28)/t16-,17+,18+,19?,23?/m1/s1. The first-order chi connectivity index (χ1) is 15.0. The van der Waals surface area contributed by atoms with Gasteiger partial charge in [-0.25, -0.2) is 0 Å². The first kappa shape index (κ1) is 22.1. The average molecular weight is 446 g/mol. The van der Waals surface area contributed by atoms with Crippen molar-refractivity contribution < 1.29 is 19.5 Å². The summed E-state index contributed by atoms with van der Waals surface area (Å²) in [5.74, 6) is -1.39. The van der Waals surface area contributed by atoms with E-state index in [1.54, 1.807) is 11.8 Å². The van der Waals surface area contributed by atoms with E-state index in [2.05, 4.69) is 17.6 Å². The van der Waals surface area contributed by atoms with E-state index in [0.717, 1.165) is 31.2 Å². The number of aliphatic hydroxyl groups excluding tert-OH is 1. The third-order valence-corrected chi connectivity index (χ3v) is 8.78. The van der Waals surface area contributed by atoms with Crippen LogP contribution in [0.3, 0.4) is 0 Å². The van der Waals surface area contributed by atoms with E-state index in [0.29, 0.717) is 13.1 Å². The van der Waals surface area contributed by atoms with Crippen molar-refractivity contribution in [3.63, 3.8) is 0 Å². The van der Waals surface area contributed by atoms with Gasteiger partial charge in [-0.3, -0.25) is 14.4 Å². The number of unbranched alkanes of at least 4 members (excludes halogenated alkanes) is 1. The predicted octanol–water partition coefficient (Wildman–Crippen LogP) is 1.30. The van der Waals surface area contributed by atoms with E-state index in [1.807, 2.05) is 30.3 Å². The van der Waals surface area contributed by atoms with Crippen LogP contribution in [0.2, 0.25) is 0 Å². The number of nitrogens with zero attached hydrogens (tertiary/aromatic N) is 1. The van der Waals surface area contributed by atoms with Crippen molar-refractivity contribution in [2.45, 2.75) is 55.2 Å². The van der Waals surface area contributed by atoms with Crippen molar-refractivity contribution >= 4 is 29.5 Å². The molecule has 0 radical (unpaired) electrons. The molecule has 3 heterocycles. The van der Waals surface area contributed by atoms with E-state index in [4.69, 9.17) is 0 Å². The lowest BCUT2D eigenvalue weighted by molar-refractivity contribution is -0.140. The molecule has 5 atom stereocenters. The smallest absolute Gasteiger partial charge is 0.244 e. The van der Waals surface area contributed by atoms with E-state index in [9.17, 15) is 19.5 Å². The molecular formula is C23H31N3O4S. The highest BCUT2D eigenvalue weighted by Gasteiger charge is 2.73. The average Bonchev–Trinajstić information content (AvgIpc) is 3.41. The number of aliphatic hydroxyl groups is 1. The van der Waals surface area contributed by atoms with E-state index in [-0.39, 0.29) is 36.1 Å². The Labute approximate surface area is 187 Å². The summed E-state index contributed by atoms with van der Waals surface area (Å²) in [4.78, 5) is 41.3. The van der Waals surface area contributed by atoms with Gasteiger partial charge in [-0.15, -0.1) is 11.8 Å². The van der Waals surface area contributed by atoms with Gasteiger partial charge in [0.15, 0.2) is 0 Å². The monoisotopic (exact) mass is 445 g/mol. The van der Waals surface area contributed by atoms with Gasteiger partial charge in [0, 0.05) is 24.9 Å². The number of carbonyl (C=O) groups is 3. The number of rotatable bonds is 9. The van der Waals surface area contributed by atoms with Crippen molar-refractivity contribution in [2.24, 2.45) is 11.8 Å². The number of β-amino-alcohol motifs (C(OH)–C–C–N with tert-alkyl or cyclic N) is 1. The Morgan fingerprint density at radius 1 is 1.23 bits per heavy atom. The minimum atomic E-state index is -0.629. The zero-order valence-corrected chi connectivity index (χ0v) is 18.7. The minimum Gasteiger partial charge on any atom is -0.395 e. The molecule has 3 saturated heterocycles. The second-order valence-corrected chi connectivity index (χ2v) is 10.3. The maximum atomic E-state index is 13.4. The first-order valence-electron chi connectivity index (χ1n) is 11.2. The van der Waals surface area contributed by atoms with Gasteiger partial charge >= 0.3 is 0 Å². The number of hydrogen-bond acceptors (Lipinski definition) is 5. The molecule has 2 unspecified atom stereocenters. The van der Waals surface area contributed by atoms with Gasteiger partial charge in [0.25, 0.3) is 0 Å². The Bertz CT molecular complexity index is 835. The highest BCUT2D eigenvalue weighted by molar-refractivity contribution is 8.02. The van der Waals surface area contributed by atoms with Gasteiger partial charge in [0.05, 0.1) is 23.2 Å². The predicted molar refractivity (Wildman–Crippen MR) is 119 cm³/mol. The number of likely N-dealkylation sites (tertiary alicyclic amines) is 1. The van der Waals surface area contributed by atoms with E-state index >= 15 is 0 Å². The number of carbonyl (C=O) groups excluding carboxylic acids is 3. The molecule has 0 aromatic heterocycles. The minimum absolute atomic E-state index is 0.0481. The molecule has 1 spiro atoms.